The molecule has 0 amide bonds. The molecule has 0 saturated carbocycles. The normalized spacial score (nSPS) is 14.7. The summed E-state index contributed by atoms with van der Waals surface area (Å²) < 4.78 is 5.29. The largest absolute Gasteiger partial charge is 0.496 e. The summed E-state index contributed by atoms with van der Waals surface area (Å²) in [4.78, 5) is 0. The molecule has 2 atom stereocenters. The third kappa shape index (κ3) is 3.24. The van der Waals surface area contributed by atoms with Crippen LogP contribution in [0.25, 0.3) is 0 Å². The molecule has 2 N–H and O–H groups in total. The van der Waals surface area contributed by atoms with Gasteiger partial charge in [0.1, 0.15) is 5.75 Å². The topological polar surface area (TPSA) is 41.5 Å². The molecule has 3 nitrogen and oxygen atoms in total. The van der Waals surface area contributed by atoms with E-state index in [2.05, 4.69) is 19.2 Å². The number of rotatable bonds is 5. The number of aliphatic hydroxyl groups excluding tert-OH is 1. The Bertz CT molecular complexity index is 402. The van der Waals surface area contributed by atoms with Crippen molar-refractivity contribution < 1.29 is 9.84 Å². The van der Waals surface area contributed by atoms with Gasteiger partial charge in [-0.15, -0.1) is 0 Å². The van der Waals surface area contributed by atoms with Crippen LogP contribution >= 0.6 is 0 Å². The summed E-state index contributed by atoms with van der Waals surface area (Å²) >= 11 is 0. The molecule has 1 aromatic rings. The summed E-state index contributed by atoms with van der Waals surface area (Å²) in [5, 5.41) is 13.7. The first-order chi connectivity index (χ1) is 8.38. The number of hydrogen-bond acceptors (Lipinski definition) is 3. The van der Waals surface area contributed by atoms with Crippen LogP contribution in [0.2, 0.25) is 0 Å². The molecule has 0 aliphatic carbocycles. The second-order valence-electron chi connectivity index (χ2n) is 5.16. The number of benzene rings is 1. The van der Waals surface area contributed by atoms with E-state index >= 15 is 0 Å². The van der Waals surface area contributed by atoms with E-state index < -0.39 is 6.10 Å². The summed E-state index contributed by atoms with van der Waals surface area (Å²) in [5.41, 5.74) is 3.15. The Morgan fingerprint density at radius 2 is 1.72 bits per heavy atom. The third-order valence-corrected chi connectivity index (χ3v) is 3.39. The van der Waals surface area contributed by atoms with E-state index in [0.717, 1.165) is 22.4 Å². The predicted octanol–water partition coefficient (Wildman–Crippen LogP) is 2.73. The van der Waals surface area contributed by atoms with Crippen molar-refractivity contribution in [2.24, 2.45) is 0 Å². The maximum atomic E-state index is 10.4. The van der Waals surface area contributed by atoms with Crippen molar-refractivity contribution in [3.05, 3.63) is 28.8 Å². The summed E-state index contributed by atoms with van der Waals surface area (Å²) in [6.45, 7) is 10.2. The average molecular weight is 251 g/mol. The van der Waals surface area contributed by atoms with E-state index in [1.165, 1.54) is 0 Å². The van der Waals surface area contributed by atoms with Crippen molar-refractivity contribution in [3.63, 3.8) is 0 Å². The number of hydrogen-bond donors (Lipinski definition) is 2. The molecular weight excluding hydrogens is 226 g/mol. The Labute approximate surface area is 110 Å². The van der Waals surface area contributed by atoms with Gasteiger partial charge >= 0.3 is 0 Å². The molecule has 1 aromatic carbocycles. The lowest BCUT2D eigenvalue weighted by Gasteiger charge is -2.25. The molecule has 0 aromatic heterocycles. The van der Waals surface area contributed by atoms with Crippen LogP contribution in [-0.2, 0) is 0 Å². The summed E-state index contributed by atoms with van der Waals surface area (Å²) in [6, 6.07) is 4.25. The molecule has 0 radical (unpaired) electrons. The maximum absolute atomic E-state index is 10.4. The Morgan fingerprint density at radius 1 is 1.11 bits per heavy atom. The molecular formula is C15H25NO2. The van der Waals surface area contributed by atoms with E-state index in [0.29, 0.717) is 6.04 Å². The SMILES string of the molecule is COc1ccc(C(O)C(C)NC(C)C)c(C)c1C. The molecule has 0 aliphatic rings. The van der Waals surface area contributed by atoms with Crippen molar-refractivity contribution in [1.82, 2.24) is 5.32 Å². The Hall–Kier alpha value is -1.06. The zero-order chi connectivity index (χ0) is 13.9. The van der Waals surface area contributed by atoms with Gasteiger partial charge in [0.25, 0.3) is 0 Å². The Balaban J connectivity index is 2.99. The molecule has 0 saturated heterocycles. The van der Waals surface area contributed by atoms with Gasteiger partial charge in [0.2, 0.25) is 0 Å². The minimum atomic E-state index is -0.503. The van der Waals surface area contributed by atoms with Gasteiger partial charge < -0.3 is 15.2 Å². The zero-order valence-electron chi connectivity index (χ0n) is 12.2. The van der Waals surface area contributed by atoms with Crippen LogP contribution in [0.15, 0.2) is 12.1 Å². The first-order valence-corrected chi connectivity index (χ1v) is 6.46. The molecule has 18 heavy (non-hydrogen) atoms. The fourth-order valence-electron chi connectivity index (χ4n) is 2.24. The first-order valence-electron chi connectivity index (χ1n) is 6.46. The predicted molar refractivity (Wildman–Crippen MR) is 75.2 cm³/mol. The zero-order valence-corrected chi connectivity index (χ0v) is 12.2. The van der Waals surface area contributed by atoms with Gasteiger partial charge in [0.15, 0.2) is 0 Å². The molecule has 0 spiro atoms. The summed E-state index contributed by atoms with van der Waals surface area (Å²) in [6.07, 6.45) is -0.503. The Morgan fingerprint density at radius 3 is 2.22 bits per heavy atom. The molecule has 0 fully saturated rings. The highest BCUT2D eigenvalue weighted by Gasteiger charge is 2.20. The smallest absolute Gasteiger partial charge is 0.122 e. The van der Waals surface area contributed by atoms with Gasteiger partial charge in [-0.05, 0) is 43.5 Å². The highest BCUT2D eigenvalue weighted by atomic mass is 16.5. The number of methoxy groups -OCH3 is 1. The molecule has 1 rings (SSSR count). The highest BCUT2D eigenvalue weighted by molar-refractivity contribution is 5.44. The number of nitrogens with one attached hydrogen (secondary N) is 1. The minimum Gasteiger partial charge on any atom is -0.496 e. The first kappa shape index (κ1) is 15.0. The number of aliphatic hydroxyl groups is 1. The Kier molecular flexibility index (Phi) is 5.17. The molecule has 2 unspecified atom stereocenters. The van der Waals surface area contributed by atoms with Crippen LogP contribution < -0.4 is 10.1 Å². The lowest BCUT2D eigenvalue weighted by atomic mass is 9.94. The second kappa shape index (κ2) is 6.21. The van der Waals surface area contributed by atoms with E-state index in [9.17, 15) is 5.11 Å². The second-order valence-corrected chi connectivity index (χ2v) is 5.16. The van der Waals surface area contributed by atoms with Crippen LogP contribution in [0, 0.1) is 13.8 Å². The van der Waals surface area contributed by atoms with Crippen molar-refractivity contribution in [1.29, 1.82) is 0 Å². The monoisotopic (exact) mass is 251 g/mol. The van der Waals surface area contributed by atoms with Crippen molar-refractivity contribution in [3.8, 4) is 5.75 Å². The quantitative estimate of drug-likeness (QED) is 0.845. The number of ether oxygens (including phenoxy) is 1. The van der Waals surface area contributed by atoms with Gasteiger partial charge in [-0.2, -0.15) is 0 Å². The van der Waals surface area contributed by atoms with Crippen LogP contribution in [0.4, 0.5) is 0 Å². The fourth-order valence-corrected chi connectivity index (χ4v) is 2.24. The van der Waals surface area contributed by atoms with Gasteiger partial charge in [-0.1, -0.05) is 19.9 Å². The van der Waals surface area contributed by atoms with Gasteiger partial charge in [0.05, 0.1) is 13.2 Å². The lowest BCUT2D eigenvalue weighted by Crippen LogP contribution is -2.37. The molecule has 102 valence electrons. The molecule has 0 bridgehead atoms. The lowest BCUT2D eigenvalue weighted by molar-refractivity contribution is 0.131. The molecule has 0 heterocycles. The van der Waals surface area contributed by atoms with E-state index in [4.69, 9.17) is 4.74 Å². The highest BCUT2D eigenvalue weighted by Crippen LogP contribution is 2.29. The van der Waals surface area contributed by atoms with Crippen LogP contribution in [0.3, 0.4) is 0 Å². The standard InChI is InChI=1S/C15H25NO2/c1-9(2)16-12(5)15(17)13-7-8-14(18-6)11(4)10(13)3/h7-9,12,15-17H,1-6H3. The van der Waals surface area contributed by atoms with E-state index in [1.54, 1.807) is 7.11 Å². The van der Waals surface area contributed by atoms with Crippen LogP contribution in [-0.4, -0.2) is 24.3 Å². The maximum Gasteiger partial charge on any atom is 0.122 e. The van der Waals surface area contributed by atoms with Crippen molar-refractivity contribution in [2.75, 3.05) is 7.11 Å². The summed E-state index contributed by atoms with van der Waals surface area (Å²) in [5.74, 6) is 0.868. The van der Waals surface area contributed by atoms with Gasteiger partial charge in [-0.25, -0.2) is 0 Å². The van der Waals surface area contributed by atoms with E-state index in [1.807, 2.05) is 32.9 Å². The molecule has 0 aliphatic heterocycles. The average Bonchev–Trinajstić information content (AvgIpc) is 2.31. The minimum absolute atomic E-state index is 0.0245. The van der Waals surface area contributed by atoms with E-state index in [-0.39, 0.29) is 6.04 Å². The fraction of sp³-hybridized carbons (Fsp3) is 0.600. The van der Waals surface area contributed by atoms with Crippen LogP contribution in [0.1, 0.15) is 43.6 Å². The van der Waals surface area contributed by atoms with Crippen LogP contribution in [0.5, 0.6) is 5.75 Å². The summed E-state index contributed by atoms with van der Waals surface area (Å²) in [7, 11) is 1.67. The van der Waals surface area contributed by atoms with Gasteiger partial charge in [0, 0.05) is 12.1 Å². The van der Waals surface area contributed by atoms with Crippen molar-refractivity contribution in [2.45, 2.75) is 52.8 Å². The third-order valence-electron chi connectivity index (χ3n) is 3.39. The molecule has 3 heteroatoms. The van der Waals surface area contributed by atoms with Gasteiger partial charge in [-0.3, -0.25) is 0 Å². The van der Waals surface area contributed by atoms with Crippen molar-refractivity contribution >= 4 is 0 Å².